The number of nitrogens with zero attached hydrogens (tertiary/aromatic N) is 1. The molecule has 84 valence electrons. The van der Waals surface area contributed by atoms with Crippen LogP contribution in [0.25, 0.3) is 0 Å². The Balaban J connectivity index is 2.87. The molecule has 0 aliphatic carbocycles. The van der Waals surface area contributed by atoms with Crippen LogP contribution in [0.5, 0.6) is 0 Å². The number of hydrogen-bond donors (Lipinski definition) is 1. The van der Waals surface area contributed by atoms with E-state index in [0.717, 1.165) is 0 Å². The highest BCUT2D eigenvalue weighted by Gasteiger charge is 2.27. The van der Waals surface area contributed by atoms with Gasteiger partial charge in [-0.25, -0.2) is 0 Å². The molecule has 0 bridgehead atoms. The molecule has 1 unspecified atom stereocenters. The number of amides is 2. The molecule has 4 nitrogen and oxygen atoms in total. The fourth-order valence-corrected chi connectivity index (χ4v) is 1.70. The number of carbonyl (C=O) groups is 2. The molecule has 0 fully saturated rings. The quantitative estimate of drug-likeness (QED) is 0.751. The Bertz CT molecular complexity index is 308. The summed E-state index contributed by atoms with van der Waals surface area (Å²) in [7, 11) is 0. The van der Waals surface area contributed by atoms with Crippen LogP contribution in [0.2, 0.25) is 0 Å². The lowest BCUT2D eigenvalue weighted by atomic mass is 9.96. The number of primary amides is 1. The minimum Gasteiger partial charge on any atom is -0.366 e. The van der Waals surface area contributed by atoms with Crippen molar-refractivity contribution in [3.05, 3.63) is 11.8 Å². The van der Waals surface area contributed by atoms with Crippen molar-refractivity contribution in [3.8, 4) is 0 Å². The zero-order chi connectivity index (χ0) is 11.6. The molecule has 4 heteroatoms. The van der Waals surface area contributed by atoms with Crippen molar-refractivity contribution in [1.29, 1.82) is 0 Å². The maximum Gasteiger partial charge on any atom is 0.246 e. The molecule has 0 radical (unpaired) electrons. The zero-order valence-electron chi connectivity index (χ0n) is 9.49. The first kappa shape index (κ1) is 11.8. The standard InChI is InChI=1S/C11H18N2O2/c1-7(2)5-13-6-9(10(12)14)4-8(3)11(13)15/h6-8H,4-5H2,1-3H3,(H2,12,14). The summed E-state index contributed by atoms with van der Waals surface area (Å²) in [5.41, 5.74) is 5.77. The number of carbonyl (C=O) groups excluding carboxylic acids is 2. The van der Waals surface area contributed by atoms with Crippen LogP contribution in [0.1, 0.15) is 27.2 Å². The van der Waals surface area contributed by atoms with E-state index in [1.54, 1.807) is 11.1 Å². The topological polar surface area (TPSA) is 63.4 Å². The van der Waals surface area contributed by atoms with E-state index in [2.05, 4.69) is 0 Å². The Labute approximate surface area is 90.1 Å². The molecule has 15 heavy (non-hydrogen) atoms. The lowest BCUT2D eigenvalue weighted by Gasteiger charge is -2.29. The molecule has 1 atom stereocenters. The first-order valence-electron chi connectivity index (χ1n) is 5.22. The van der Waals surface area contributed by atoms with Gasteiger partial charge in [-0.05, 0) is 12.3 Å². The van der Waals surface area contributed by atoms with Crippen LogP contribution in [0.15, 0.2) is 11.8 Å². The predicted molar refractivity (Wildman–Crippen MR) is 57.6 cm³/mol. The second kappa shape index (κ2) is 4.47. The Morgan fingerprint density at radius 1 is 1.67 bits per heavy atom. The van der Waals surface area contributed by atoms with Gasteiger partial charge in [0, 0.05) is 24.2 Å². The molecule has 2 amide bonds. The van der Waals surface area contributed by atoms with E-state index >= 15 is 0 Å². The number of rotatable bonds is 3. The smallest absolute Gasteiger partial charge is 0.246 e. The van der Waals surface area contributed by atoms with E-state index < -0.39 is 5.91 Å². The lowest BCUT2D eigenvalue weighted by molar-refractivity contribution is -0.133. The van der Waals surface area contributed by atoms with Gasteiger partial charge >= 0.3 is 0 Å². The molecule has 0 spiro atoms. The minimum absolute atomic E-state index is 0.0775. The molecular formula is C11H18N2O2. The Morgan fingerprint density at radius 3 is 2.73 bits per heavy atom. The summed E-state index contributed by atoms with van der Waals surface area (Å²) in [4.78, 5) is 24.4. The summed E-state index contributed by atoms with van der Waals surface area (Å²) in [6.45, 7) is 6.53. The van der Waals surface area contributed by atoms with Gasteiger partial charge in [0.1, 0.15) is 0 Å². The summed E-state index contributed by atoms with van der Waals surface area (Å²) < 4.78 is 0. The van der Waals surface area contributed by atoms with Crippen LogP contribution in [0.3, 0.4) is 0 Å². The van der Waals surface area contributed by atoms with Gasteiger partial charge in [-0.2, -0.15) is 0 Å². The van der Waals surface area contributed by atoms with Gasteiger partial charge in [0.2, 0.25) is 11.8 Å². The normalized spacial score (nSPS) is 21.9. The maximum absolute atomic E-state index is 11.8. The highest BCUT2D eigenvalue weighted by molar-refractivity contribution is 5.95. The van der Waals surface area contributed by atoms with Crippen molar-refractivity contribution in [3.63, 3.8) is 0 Å². The maximum atomic E-state index is 11.8. The molecule has 0 saturated heterocycles. The van der Waals surface area contributed by atoms with E-state index in [9.17, 15) is 9.59 Å². The molecule has 0 aromatic rings. The first-order chi connectivity index (χ1) is 6.91. The third-order valence-corrected chi connectivity index (χ3v) is 2.42. The van der Waals surface area contributed by atoms with Gasteiger partial charge in [-0.15, -0.1) is 0 Å². The van der Waals surface area contributed by atoms with Crippen molar-refractivity contribution in [1.82, 2.24) is 4.90 Å². The van der Waals surface area contributed by atoms with E-state index in [-0.39, 0.29) is 11.8 Å². The van der Waals surface area contributed by atoms with Gasteiger partial charge in [-0.3, -0.25) is 9.59 Å². The summed E-state index contributed by atoms with van der Waals surface area (Å²) >= 11 is 0. The summed E-state index contributed by atoms with van der Waals surface area (Å²) in [5, 5.41) is 0. The summed E-state index contributed by atoms with van der Waals surface area (Å²) in [6, 6.07) is 0. The first-order valence-corrected chi connectivity index (χ1v) is 5.22. The number of hydrogen-bond acceptors (Lipinski definition) is 2. The molecule has 0 aromatic carbocycles. The molecule has 1 rings (SSSR count). The lowest BCUT2D eigenvalue weighted by Crippen LogP contribution is -2.39. The fraction of sp³-hybridized carbons (Fsp3) is 0.636. The summed E-state index contributed by atoms with van der Waals surface area (Å²) in [5.74, 6) is -0.113. The van der Waals surface area contributed by atoms with Gasteiger partial charge in [0.05, 0.1) is 0 Å². The second-order valence-corrected chi connectivity index (χ2v) is 4.51. The summed E-state index contributed by atoms with van der Waals surface area (Å²) in [6.07, 6.45) is 2.06. The van der Waals surface area contributed by atoms with E-state index in [0.29, 0.717) is 24.5 Å². The average Bonchev–Trinajstić information content (AvgIpc) is 2.11. The molecule has 1 aliphatic rings. The largest absolute Gasteiger partial charge is 0.366 e. The Morgan fingerprint density at radius 2 is 2.27 bits per heavy atom. The van der Waals surface area contributed by atoms with Crippen LogP contribution in [-0.4, -0.2) is 23.3 Å². The van der Waals surface area contributed by atoms with E-state index in [1.165, 1.54) is 0 Å². The third kappa shape index (κ3) is 2.81. The zero-order valence-corrected chi connectivity index (χ0v) is 9.49. The highest BCUT2D eigenvalue weighted by atomic mass is 16.2. The van der Waals surface area contributed by atoms with Crippen LogP contribution in [-0.2, 0) is 9.59 Å². The fourth-order valence-electron chi connectivity index (χ4n) is 1.70. The van der Waals surface area contributed by atoms with E-state index in [1.807, 2.05) is 20.8 Å². The highest BCUT2D eigenvalue weighted by Crippen LogP contribution is 2.21. The van der Waals surface area contributed by atoms with Gasteiger partial charge < -0.3 is 10.6 Å². The molecule has 1 heterocycles. The molecule has 0 saturated carbocycles. The van der Waals surface area contributed by atoms with Crippen LogP contribution < -0.4 is 5.73 Å². The molecular weight excluding hydrogens is 192 g/mol. The van der Waals surface area contributed by atoms with Crippen molar-refractivity contribution in [2.75, 3.05) is 6.54 Å². The van der Waals surface area contributed by atoms with Gasteiger partial charge in [-0.1, -0.05) is 20.8 Å². The SMILES string of the molecule is CC(C)CN1C=C(C(N)=O)CC(C)C1=O. The average molecular weight is 210 g/mol. The van der Waals surface area contributed by atoms with Crippen molar-refractivity contribution in [2.45, 2.75) is 27.2 Å². The van der Waals surface area contributed by atoms with Crippen LogP contribution >= 0.6 is 0 Å². The predicted octanol–water partition coefficient (Wildman–Crippen LogP) is 0.880. The van der Waals surface area contributed by atoms with Crippen LogP contribution in [0.4, 0.5) is 0 Å². The Hall–Kier alpha value is -1.32. The molecule has 1 aliphatic heterocycles. The van der Waals surface area contributed by atoms with Crippen LogP contribution in [0, 0.1) is 11.8 Å². The van der Waals surface area contributed by atoms with Crippen molar-refractivity contribution in [2.24, 2.45) is 17.6 Å². The molecule has 0 aromatic heterocycles. The third-order valence-electron chi connectivity index (χ3n) is 2.42. The monoisotopic (exact) mass is 210 g/mol. The van der Waals surface area contributed by atoms with Gasteiger partial charge in [0.25, 0.3) is 0 Å². The Kier molecular flexibility index (Phi) is 3.50. The van der Waals surface area contributed by atoms with E-state index in [4.69, 9.17) is 5.73 Å². The van der Waals surface area contributed by atoms with Gasteiger partial charge in [0.15, 0.2) is 0 Å². The number of nitrogens with two attached hydrogens (primary N) is 1. The van der Waals surface area contributed by atoms with Crippen molar-refractivity contribution >= 4 is 11.8 Å². The van der Waals surface area contributed by atoms with Crippen molar-refractivity contribution < 1.29 is 9.59 Å². The minimum atomic E-state index is -0.428. The molecule has 2 N–H and O–H groups in total. The second-order valence-electron chi connectivity index (χ2n) is 4.51.